The van der Waals surface area contributed by atoms with Crippen LogP contribution in [0.1, 0.15) is 26.2 Å². The van der Waals surface area contributed by atoms with Gasteiger partial charge in [-0.1, -0.05) is 0 Å². The number of aliphatic hydroxyl groups is 1. The molecule has 2 atom stereocenters. The molecule has 0 bridgehead atoms. The minimum atomic E-state index is -4.29. The van der Waals surface area contributed by atoms with Crippen LogP contribution in [0.3, 0.4) is 0 Å². The van der Waals surface area contributed by atoms with Crippen molar-refractivity contribution in [2.24, 2.45) is 0 Å². The molecule has 0 aromatic heterocycles. The van der Waals surface area contributed by atoms with Crippen LogP contribution in [0.2, 0.25) is 0 Å². The molecule has 0 aromatic rings. The molecule has 1 fully saturated rings. The minimum Gasteiger partial charge on any atom is -0.391 e. The Morgan fingerprint density at radius 3 is 2.43 bits per heavy atom. The third-order valence-electron chi connectivity index (χ3n) is 3.19. The number of hydrogen-bond donors (Lipinski definition) is 1. The predicted molar refractivity (Wildman–Crippen MR) is 46.9 cm³/mol. The van der Waals surface area contributed by atoms with Crippen molar-refractivity contribution in [3.8, 4) is 0 Å². The van der Waals surface area contributed by atoms with E-state index in [9.17, 15) is 18.3 Å². The molecule has 0 amide bonds. The Morgan fingerprint density at radius 1 is 1.50 bits per heavy atom. The molecular weight excluding hydrogens is 195 g/mol. The summed E-state index contributed by atoms with van der Waals surface area (Å²) in [4.78, 5) is 1.81. The molecule has 2 unspecified atom stereocenters. The zero-order valence-corrected chi connectivity index (χ0v) is 8.43. The van der Waals surface area contributed by atoms with Crippen LogP contribution in [-0.4, -0.2) is 41.4 Å². The molecule has 1 heterocycles. The van der Waals surface area contributed by atoms with Gasteiger partial charge >= 0.3 is 6.18 Å². The lowest BCUT2D eigenvalue weighted by atomic mass is 9.89. The van der Waals surface area contributed by atoms with Gasteiger partial charge in [0.25, 0.3) is 0 Å². The first-order chi connectivity index (χ1) is 6.26. The molecule has 0 radical (unpaired) electrons. The average Bonchev–Trinajstić information content (AvgIpc) is 2.30. The quantitative estimate of drug-likeness (QED) is 0.752. The van der Waals surface area contributed by atoms with Crippen LogP contribution in [0.5, 0.6) is 0 Å². The highest BCUT2D eigenvalue weighted by Gasteiger charge is 2.45. The van der Waals surface area contributed by atoms with Crippen molar-refractivity contribution >= 4 is 0 Å². The number of nitrogens with zero attached hydrogens (tertiary/aromatic N) is 1. The largest absolute Gasteiger partial charge is 0.391 e. The molecule has 0 aliphatic carbocycles. The fourth-order valence-electron chi connectivity index (χ4n) is 1.98. The first kappa shape index (κ1) is 11.8. The molecule has 84 valence electrons. The highest BCUT2D eigenvalue weighted by molar-refractivity contribution is 4.96. The Morgan fingerprint density at radius 2 is 2.07 bits per heavy atom. The van der Waals surface area contributed by atoms with E-state index >= 15 is 0 Å². The van der Waals surface area contributed by atoms with Gasteiger partial charge in [0, 0.05) is 5.54 Å². The number of halogens is 3. The SMILES string of the molecule is CN1CCCC1(C)C(O)CC(F)(F)F. The lowest BCUT2D eigenvalue weighted by molar-refractivity contribution is -0.167. The van der Waals surface area contributed by atoms with Gasteiger partial charge in [-0.05, 0) is 33.4 Å². The molecule has 2 nitrogen and oxygen atoms in total. The van der Waals surface area contributed by atoms with Gasteiger partial charge in [-0.25, -0.2) is 0 Å². The molecular formula is C9H16F3NO. The monoisotopic (exact) mass is 211 g/mol. The molecule has 0 aromatic carbocycles. The zero-order chi connectivity index (χ0) is 11.0. The van der Waals surface area contributed by atoms with E-state index in [0.29, 0.717) is 6.42 Å². The second kappa shape index (κ2) is 3.70. The number of likely N-dealkylation sites (tertiary alicyclic amines) is 1. The lowest BCUT2D eigenvalue weighted by Gasteiger charge is -2.37. The van der Waals surface area contributed by atoms with Crippen LogP contribution < -0.4 is 0 Å². The van der Waals surface area contributed by atoms with Gasteiger partial charge in [-0.3, -0.25) is 4.90 Å². The molecule has 0 spiro atoms. The van der Waals surface area contributed by atoms with Crippen LogP contribution in [0.4, 0.5) is 13.2 Å². The average molecular weight is 211 g/mol. The van der Waals surface area contributed by atoms with Crippen LogP contribution in [0.25, 0.3) is 0 Å². The summed E-state index contributed by atoms with van der Waals surface area (Å²) in [5.74, 6) is 0. The maximum absolute atomic E-state index is 12.1. The Labute approximate surface area is 81.7 Å². The lowest BCUT2D eigenvalue weighted by Crippen LogP contribution is -2.50. The summed E-state index contributed by atoms with van der Waals surface area (Å²) < 4.78 is 36.2. The molecule has 1 rings (SSSR count). The van der Waals surface area contributed by atoms with Gasteiger partial charge in [0.05, 0.1) is 12.5 Å². The summed E-state index contributed by atoms with van der Waals surface area (Å²) in [6.07, 6.45) is -5.25. The molecule has 0 saturated carbocycles. The number of hydrogen-bond acceptors (Lipinski definition) is 2. The fraction of sp³-hybridized carbons (Fsp3) is 1.00. The van der Waals surface area contributed by atoms with E-state index in [1.165, 1.54) is 0 Å². The fourth-order valence-corrected chi connectivity index (χ4v) is 1.98. The van der Waals surface area contributed by atoms with Crippen LogP contribution in [0, 0.1) is 0 Å². The highest BCUT2D eigenvalue weighted by atomic mass is 19.4. The molecule has 14 heavy (non-hydrogen) atoms. The Bertz CT molecular complexity index is 207. The summed E-state index contributed by atoms with van der Waals surface area (Å²) in [6, 6.07) is 0. The van der Waals surface area contributed by atoms with Crippen molar-refractivity contribution in [2.45, 2.75) is 44.0 Å². The van der Waals surface area contributed by atoms with Crippen molar-refractivity contribution in [2.75, 3.05) is 13.6 Å². The van der Waals surface area contributed by atoms with E-state index < -0.39 is 24.2 Å². The summed E-state index contributed by atoms with van der Waals surface area (Å²) >= 11 is 0. The third-order valence-corrected chi connectivity index (χ3v) is 3.19. The van der Waals surface area contributed by atoms with Gasteiger partial charge in [-0.2, -0.15) is 13.2 Å². The van der Waals surface area contributed by atoms with Gasteiger partial charge < -0.3 is 5.11 Å². The molecule has 1 aliphatic rings. The van der Waals surface area contributed by atoms with Gasteiger partial charge in [0.1, 0.15) is 0 Å². The number of aliphatic hydroxyl groups excluding tert-OH is 1. The standard InChI is InChI=1S/C9H16F3NO/c1-8(4-3-5-13(8)2)7(14)6-9(10,11)12/h7,14H,3-6H2,1-2H3. The molecule has 1 N–H and O–H groups in total. The van der Waals surface area contributed by atoms with E-state index in [2.05, 4.69) is 0 Å². The van der Waals surface area contributed by atoms with Crippen molar-refractivity contribution < 1.29 is 18.3 Å². The summed E-state index contributed by atoms with van der Waals surface area (Å²) in [5, 5.41) is 9.55. The van der Waals surface area contributed by atoms with E-state index in [-0.39, 0.29) is 0 Å². The second-order valence-electron chi connectivity index (χ2n) is 4.22. The summed E-state index contributed by atoms with van der Waals surface area (Å²) in [6.45, 7) is 2.45. The van der Waals surface area contributed by atoms with Gasteiger partial charge in [0.2, 0.25) is 0 Å². The van der Waals surface area contributed by atoms with Crippen molar-refractivity contribution in [3.05, 3.63) is 0 Å². The topological polar surface area (TPSA) is 23.5 Å². The third kappa shape index (κ3) is 2.39. The number of likely N-dealkylation sites (N-methyl/N-ethyl adjacent to an activating group) is 1. The van der Waals surface area contributed by atoms with E-state index in [1.54, 1.807) is 14.0 Å². The molecule has 5 heteroatoms. The highest BCUT2D eigenvalue weighted by Crippen LogP contribution is 2.35. The first-order valence-corrected chi connectivity index (χ1v) is 4.72. The normalized spacial score (nSPS) is 32.1. The second-order valence-corrected chi connectivity index (χ2v) is 4.22. The summed E-state index contributed by atoms with van der Waals surface area (Å²) in [7, 11) is 1.76. The predicted octanol–water partition coefficient (Wildman–Crippen LogP) is 1.78. The van der Waals surface area contributed by atoms with Gasteiger partial charge in [0.15, 0.2) is 0 Å². The maximum atomic E-state index is 12.1. The van der Waals surface area contributed by atoms with Crippen LogP contribution in [-0.2, 0) is 0 Å². The van der Waals surface area contributed by atoms with Gasteiger partial charge in [-0.15, -0.1) is 0 Å². The van der Waals surface area contributed by atoms with E-state index in [0.717, 1.165) is 13.0 Å². The zero-order valence-electron chi connectivity index (χ0n) is 8.43. The number of alkyl halides is 3. The maximum Gasteiger partial charge on any atom is 0.391 e. The Hall–Kier alpha value is -0.290. The van der Waals surface area contributed by atoms with Crippen molar-refractivity contribution in [1.29, 1.82) is 0 Å². The molecule has 1 aliphatic heterocycles. The first-order valence-electron chi connectivity index (χ1n) is 4.72. The van der Waals surface area contributed by atoms with Crippen molar-refractivity contribution in [3.63, 3.8) is 0 Å². The van der Waals surface area contributed by atoms with Crippen molar-refractivity contribution in [1.82, 2.24) is 4.90 Å². The van der Waals surface area contributed by atoms with E-state index in [4.69, 9.17) is 0 Å². The Balaban J connectivity index is 2.63. The van der Waals surface area contributed by atoms with E-state index in [1.807, 2.05) is 4.90 Å². The van der Waals surface area contributed by atoms with Crippen LogP contribution >= 0.6 is 0 Å². The minimum absolute atomic E-state index is 0.626. The summed E-state index contributed by atoms with van der Waals surface area (Å²) in [5.41, 5.74) is -0.713. The molecule has 1 saturated heterocycles. The van der Waals surface area contributed by atoms with Crippen LogP contribution in [0.15, 0.2) is 0 Å². The number of rotatable bonds is 2. The Kier molecular flexibility index (Phi) is 3.11. The smallest absolute Gasteiger partial charge is 0.391 e.